The van der Waals surface area contributed by atoms with Crippen molar-refractivity contribution in [3.63, 3.8) is 0 Å². The smallest absolute Gasteiger partial charge is 0.303 e. The van der Waals surface area contributed by atoms with Crippen LogP contribution in [-0.2, 0) is 4.79 Å². The van der Waals surface area contributed by atoms with Gasteiger partial charge in [0, 0.05) is 24.7 Å². The summed E-state index contributed by atoms with van der Waals surface area (Å²) < 4.78 is 5.69. The minimum absolute atomic E-state index is 0.109. The molecule has 2 heterocycles. The number of ether oxygens (including phenoxy) is 1. The standard InChI is InChI=1S/C17H19N5O4/c1-2-26-12-8-10(18-7-3-4-13(23)24)5-6-11(12)15-21-16-14(17(25)22-15)19-9-20-16/h5-6,8-9,18H,2-4,7H2,1H3,(H,23,24)(H2,19,20,21,22,25). The number of benzene rings is 1. The molecule has 0 unspecified atom stereocenters. The van der Waals surface area contributed by atoms with Gasteiger partial charge in [0.25, 0.3) is 5.56 Å². The van der Waals surface area contributed by atoms with E-state index in [4.69, 9.17) is 9.84 Å². The van der Waals surface area contributed by atoms with Crippen LogP contribution in [0.4, 0.5) is 5.69 Å². The summed E-state index contributed by atoms with van der Waals surface area (Å²) in [7, 11) is 0. The number of nitrogens with one attached hydrogen (secondary N) is 3. The summed E-state index contributed by atoms with van der Waals surface area (Å²) in [6.07, 6.45) is 2.05. The molecule has 3 rings (SSSR count). The minimum Gasteiger partial charge on any atom is -0.493 e. The Morgan fingerprint density at radius 1 is 1.38 bits per heavy atom. The molecule has 0 aliphatic rings. The maximum Gasteiger partial charge on any atom is 0.303 e. The molecule has 0 aliphatic carbocycles. The fraction of sp³-hybridized carbons (Fsp3) is 0.294. The molecular weight excluding hydrogens is 338 g/mol. The number of rotatable bonds is 8. The molecule has 3 aromatic rings. The lowest BCUT2D eigenvalue weighted by atomic mass is 10.1. The molecule has 2 aromatic heterocycles. The van der Waals surface area contributed by atoms with Crippen molar-refractivity contribution in [1.29, 1.82) is 0 Å². The Hall–Kier alpha value is -3.36. The van der Waals surface area contributed by atoms with Gasteiger partial charge in [-0.3, -0.25) is 9.59 Å². The molecule has 0 amide bonds. The van der Waals surface area contributed by atoms with Gasteiger partial charge in [0.05, 0.1) is 18.5 Å². The number of carboxylic acid groups (broad SMARTS) is 1. The van der Waals surface area contributed by atoms with Gasteiger partial charge in [0.1, 0.15) is 11.6 Å². The van der Waals surface area contributed by atoms with Gasteiger partial charge in [0.2, 0.25) is 0 Å². The van der Waals surface area contributed by atoms with Crippen LogP contribution < -0.4 is 15.6 Å². The van der Waals surface area contributed by atoms with E-state index >= 15 is 0 Å². The van der Waals surface area contributed by atoms with Crippen molar-refractivity contribution in [2.24, 2.45) is 0 Å². The van der Waals surface area contributed by atoms with Crippen molar-refractivity contribution in [2.45, 2.75) is 19.8 Å². The molecular formula is C17H19N5O4. The maximum atomic E-state index is 12.1. The molecule has 0 saturated heterocycles. The van der Waals surface area contributed by atoms with Gasteiger partial charge in [0.15, 0.2) is 11.2 Å². The van der Waals surface area contributed by atoms with Crippen LogP contribution in [0.15, 0.2) is 29.3 Å². The number of anilines is 1. The predicted molar refractivity (Wildman–Crippen MR) is 96.5 cm³/mol. The third-order valence-corrected chi connectivity index (χ3v) is 3.73. The summed E-state index contributed by atoms with van der Waals surface area (Å²) >= 11 is 0. The molecule has 0 fully saturated rings. The molecule has 0 saturated carbocycles. The fourth-order valence-electron chi connectivity index (χ4n) is 2.55. The first kappa shape index (κ1) is 17.5. The largest absolute Gasteiger partial charge is 0.493 e. The van der Waals surface area contributed by atoms with Crippen molar-refractivity contribution in [3.05, 3.63) is 34.9 Å². The van der Waals surface area contributed by atoms with Gasteiger partial charge in [-0.15, -0.1) is 0 Å². The van der Waals surface area contributed by atoms with E-state index in [9.17, 15) is 9.59 Å². The molecule has 0 aliphatic heterocycles. The second-order valence-electron chi connectivity index (χ2n) is 5.58. The molecule has 4 N–H and O–H groups in total. The highest BCUT2D eigenvalue weighted by atomic mass is 16.5. The lowest BCUT2D eigenvalue weighted by molar-refractivity contribution is -0.137. The highest BCUT2D eigenvalue weighted by molar-refractivity contribution is 5.75. The minimum atomic E-state index is -0.819. The Balaban J connectivity index is 1.88. The van der Waals surface area contributed by atoms with Crippen molar-refractivity contribution < 1.29 is 14.6 Å². The summed E-state index contributed by atoms with van der Waals surface area (Å²) in [4.78, 5) is 36.6. The van der Waals surface area contributed by atoms with Crippen LogP contribution >= 0.6 is 0 Å². The number of fused-ring (bicyclic) bond motifs is 1. The lowest BCUT2D eigenvalue weighted by Crippen LogP contribution is -2.10. The van der Waals surface area contributed by atoms with Crippen LogP contribution in [0.25, 0.3) is 22.6 Å². The summed E-state index contributed by atoms with van der Waals surface area (Å²) in [5.41, 5.74) is 1.79. The average molecular weight is 357 g/mol. The second kappa shape index (κ2) is 7.68. The topological polar surface area (TPSA) is 133 Å². The van der Waals surface area contributed by atoms with Crippen LogP contribution in [0.5, 0.6) is 5.75 Å². The molecule has 0 bridgehead atoms. The highest BCUT2D eigenvalue weighted by Crippen LogP contribution is 2.30. The van der Waals surface area contributed by atoms with E-state index in [0.29, 0.717) is 47.9 Å². The van der Waals surface area contributed by atoms with Crippen LogP contribution in [0, 0.1) is 0 Å². The van der Waals surface area contributed by atoms with E-state index in [1.807, 2.05) is 13.0 Å². The molecule has 26 heavy (non-hydrogen) atoms. The van der Waals surface area contributed by atoms with Crippen molar-refractivity contribution >= 4 is 22.8 Å². The second-order valence-corrected chi connectivity index (χ2v) is 5.58. The number of aliphatic carboxylic acids is 1. The normalized spacial score (nSPS) is 10.8. The number of carboxylic acids is 1. The van der Waals surface area contributed by atoms with Gasteiger partial charge in [-0.05, 0) is 25.5 Å². The third kappa shape index (κ3) is 3.82. The molecule has 136 valence electrons. The van der Waals surface area contributed by atoms with Crippen LogP contribution in [0.2, 0.25) is 0 Å². The molecule has 9 nitrogen and oxygen atoms in total. The number of carbonyl (C=O) groups is 1. The van der Waals surface area contributed by atoms with Crippen molar-refractivity contribution in [2.75, 3.05) is 18.5 Å². The van der Waals surface area contributed by atoms with E-state index in [1.165, 1.54) is 6.33 Å². The van der Waals surface area contributed by atoms with Crippen molar-refractivity contribution in [1.82, 2.24) is 19.9 Å². The Labute approximate surface area is 148 Å². The van der Waals surface area contributed by atoms with E-state index in [-0.39, 0.29) is 12.0 Å². The molecule has 0 spiro atoms. The Kier molecular flexibility index (Phi) is 5.16. The molecule has 0 atom stereocenters. The molecule has 0 radical (unpaired) electrons. The zero-order chi connectivity index (χ0) is 18.5. The van der Waals surface area contributed by atoms with Gasteiger partial charge in [-0.1, -0.05) is 0 Å². The van der Waals surface area contributed by atoms with Gasteiger partial charge < -0.3 is 25.1 Å². The number of nitrogens with zero attached hydrogens (tertiary/aromatic N) is 2. The van der Waals surface area contributed by atoms with E-state index in [2.05, 4.69) is 25.3 Å². The fourth-order valence-corrected chi connectivity index (χ4v) is 2.55. The Morgan fingerprint density at radius 3 is 3.00 bits per heavy atom. The zero-order valence-corrected chi connectivity index (χ0v) is 14.2. The number of imidazole rings is 1. The van der Waals surface area contributed by atoms with Gasteiger partial charge in [-0.2, -0.15) is 0 Å². The lowest BCUT2D eigenvalue weighted by Gasteiger charge is -2.13. The Morgan fingerprint density at radius 2 is 2.23 bits per heavy atom. The van der Waals surface area contributed by atoms with Gasteiger partial charge >= 0.3 is 5.97 Å². The van der Waals surface area contributed by atoms with E-state index < -0.39 is 5.97 Å². The van der Waals surface area contributed by atoms with Gasteiger partial charge in [-0.25, -0.2) is 9.97 Å². The number of aromatic nitrogens is 4. The summed E-state index contributed by atoms with van der Waals surface area (Å²) in [5, 5.41) is 11.8. The van der Waals surface area contributed by atoms with Crippen LogP contribution in [0.1, 0.15) is 19.8 Å². The summed E-state index contributed by atoms with van der Waals surface area (Å²) in [6, 6.07) is 5.42. The molecule has 9 heteroatoms. The first-order valence-electron chi connectivity index (χ1n) is 8.24. The third-order valence-electron chi connectivity index (χ3n) is 3.73. The maximum absolute atomic E-state index is 12.1. The monoisotopic (exact) mass is 357 g/mol. The van der Waals surface area contributed by atoms with E-state index in [1.54, 1.807) is 12.1 Å². The molecule has 1 aromatic carbocycles. The van der Waals surface area contributed by atoms with Crippen molar-refractivity contribution in [3.8, 4) is 17.1 Å². The average Bonchev–Trinajstić information content (AvgIpc) is 3.08. The van der Waals surface area contributed by atoms with Crippen LogP contribution in [0.3, 0.4) is 0 Å². The summed E-state index contributed by atoms with van der Waals surface area (Å²) in [6.45, 7) is 2.85. The first-order valence-corrected chi connectivity index (χ1v) is 8.24. The first-order chi connectivity index (χ1) is 12.6. The van der Waals surface area contributed by atoms with E-state index in [0.717, 1.165) is 5.69 Å². The van der Waals surface area contributed by atoms with Crippen LogP contribution in [-0.4, -0.2) is 44.2 Å². The number of H-pyrrole nitrogens is 2. The quantitative estimate of drug-likeness (QED) is 0.453. The number of hydrogen-bond acceptors (Lipinski definition) is 6. The SMILES string of the molecule is CCOc1cc(NCCCC(=O)O)ccc1-c1nc2nc[nH]c2c(=O)[nH]1. The summed E-state index contributed by atoms with van der Waals surface area (Å²) in [5.74, 6) is 0.116. The number of aromatic amines is 2. The number of hydrogen-bond donors (Lipinski definition) is 4. The predicted octanol–water partition coefficient (Wildman–Crippen LogP) is 1.99. The zero-order valence-electron chi connectivity index (χ0n) is 14.2. The highest BCUT2D eigenvalue weighted by Gasteiger charge is 2.13. The Bertz CT molecular complexity index is 979.